The third-order valence-corrected chi connectivity index (χ3v) is 5.20. The Hall–Kier alpha value is -2.79. The van der Waals surface area contributed by atoms with Crippen molar-refractivity contribution in [2.24, 2.45) is 0 Å². The van der Waals surface area contributed by atoms with Crippen LogP contribution in [0.5, 0.6) is 5.75 Å². The van der Waals surface area contributed by atoms with Crippen molar-refractivity contribution in [1.29, 1.82) is 0 Å². The standard InChI is InChI=1S/C23H22O4S/c1-3-26-22-11-9-18(16(2)24)12-20(22)14-27-23(25)15-28-21-10-8-17-6-4-5-7-19(17)13-21/h4-13H,3,14-15H2,1-2H3. The van der Waals surface area contributed by atoms with Gasteiger partial charge in [0.2, 0.25) is 0 Å². The quantitative estimate of drug-likeness (QED) is 0.296. The SMILES string of the molecule is CCOc1ccc(C(C)=O)cc1COC(=O)CSc1ccc2ccccc2c1. The van der Waals surface area contributed by atoms with Gasteiger partial charge in [-0.15, -0.1) is 11.8 Å². The first-order chi connectivity index (χ1) is 13.6. The lowest BCUT2D eigenvalue weighted by molar-refractivity contribution is -0.141. The number of thioether (sulfide) groups is 1. The van der Waals surface area contributed by atoms with Crippen LogP contribution in [0.1, 0.15) is 29.8 Å². The average molecular weight is 394 g/mol. The van der Waals surface area contributed by atoms with Gasteiger partial charge in [0.1, 0.15) is 12.4 Å². The lowest BCUT2D eigenvalue weighted by atomic mass is 10.1. The van der Waals surface area contributed by atoms with E-state index in [0.717, 1.165) is 10.3 Å². The number of rotatable bonds is 8. The van der Waals surface area contributed by atoms with E-state index in [4.69, 9.17) is 9.47 Å². The smallest absolute Gasteiger partial charge is 0.316 e. The van der Waals surface area contributed by atoms with Gasteiger partial charge in [-0.1, -0.05) is 30.3 Å². The Kier molecular flexibility index (Phi) is 6.71. The molecule has 3 aromatic rings. The van der Waals surface area contributed by atoms with Gasteiger partial charge in [-0.25, -0.2) is 0 Å². The van der Waals surface area contributed by atoms with Crippen LogP contribution >= 0.6 is 11.8 Å². The van der Waals surface area contributed by atoms with Crippen molar-refractivity contribution in [1.82, 2.24) is 0 Å². The highest BCUT2D eigenvalue weighted by Gasteiger charge is 2.11. The number of benzene rings is 3. The van der Waals surface area contributed by atoms with Crippen LogP contribution < -0.4 is 4.74 Å². The molecule has 0 unspecified atom stereocenters. The van der Waals surface area contributed by atoms with Crippen LogP contribution in [0.3, 0.4) is 0 Å². The highest BCUT2D eigenvalue weighted by molar-refractivity contribution is 8.00. The Labute approximate surface area is 168 Å². The number of ether oxygens (including phenoxy) is 2. The average Bonchev–Trinajstić information content (AvgIpc) is 2.71. The maximum absolute atomic E-state index is 12.2. The van der Waals surface area contributed by atoms with Crippen molar-refractivity contribution < 1.29 is 19.1 Å². The van der Waals surface area contributed by atoms with Gasteiger partial charge in [-0.2, -0.15) is 0 Å². The fraction of sp³-hybridized carbons (Fsp3) is 0.217. The highest BCUT2D eigenvalue weighted by atomic mass is 32.2. The maximum atomic E-state index is 12.2. The van der Waals surface area contributed by atoms with Gasteiger partial charge in [-0.05, 0) is 55.0 Å². The first-order valence-corrected chi connectivity index (χ1v) is 10.1. The Balaban J connectivity index is 1.60. The third-order valence-electron chi connectivity index (χ3n) is 4.23. The van der Waals surface area contributed by atoms with E-state index in [9.17, 15) is 9.59 Å². The zero-order chi connectivity index (χ0) is 19.9. The minimum absolute atomic E-state index is 0.0394. The van der Waals surface area contributed by atoms with E-state index in [1.165, 1.54) is 24.1 Å². The first kappa shape index (κ1) is 20.0. The van der Waals surface area contributed by atoms with Gasteiger partial charge in [0, 0.05) is 16.0 Å². The third kappa shape index (κ3) is 5.14. The second kappa shape index (κ2) is 9.42. The molecule has 5 heteroatoms. The number of carbonyl (C=O) groups excluding carboxylic acids is 2. The largest absolute Gasteiger partial charge is 0.493 e. The van der Waals surface area contributed by atoms with Crippen LogP contribution in [0, 0.1) is 0 Å². The van der Waals surface area contributed by atoms with Crippen LogP contribution in [-0.4, -0.2) is 24.1 Å². The maximum Gasteiger partial charge on any atom is 0.316 e. The minimum Gasteiger partial charge on any atom is -0.493 e. The van der Waals surface area contributed by atoms with E-state index in [0.29, 0.717) is 23.5 Å². The molecular formula is C23H22O4S. The van der Waals surface area contributed by atoms with Gasteiger partial charge in [0.15, 0.2) is 5.78 Å². The Morgan fingerprint density at radius 1 is 0.964 bits per heavy atom. The molecule has 3 aromatic carbocycles. The minimum atomic E-state index is -0.311. The molecule has 0 saturated carbocycles. The topological polar surface area (TPSA) is 52.6 Å². The number of hydrogen-bond donors (Lipinski definition) is 0. The van der Waals surface area contributed by atoms with E-state index in [1.54, 1.807) is 18.2 Å². The summed E-state index contributed by atoms with van der Waals surface area (Å²) in [5.74, 6) is 0.494. The normalized spacial score (nSPS) is 10.6. The van der Waals surface area contributed by atoms with Crippen molar-refractivity contribution >= 4 is 34.3 Å². The molecule has 0 aromatic heterocycles. The van der Waals surface area contributed by atoms with Crippen molar-refractivity contribution in [2.45, 2.75) is 25.3 Å². The van der Waals surface area contributed by atoms with Gasteiger partial charge in [-0.3, -0.25) is 9.59 Å². The van der Waals surface area contributed by atoms with Gasteiger partial charge < -0.3 is 9.47 Å². The number of carbonyl (C=O) groups is 2. The summed E-state index contributed by atoms with van der Waals surface area (Å²) in [4.78, 5) is 24.8. The Bertz CT molecular complexity index is 997. The summed E-state index contributed by atoms with van der Waals surface area (Å²) in [5.41, 5.74) is 1.26. The van der Waals surface area contributed by atoms with Crippen LogP contribution in [0.25, 0.3) is 10.8 Å². The van der Waals surface area contributed by atoms with E-state index < -0.39 is 0 Å². The molecule has 0 spiro atoms. The molecule has 0 heterocycles. The molecule has 28 heavy (non-hydrogen) atoms. The predicted molar refractivity (Wildman–Crippen MR) is 112 cm³/mol. The fourth-order valence-electron chi connectivity index (χ4n) is 2.81. The molecule has 0 aliphatic rings. The summed E-state index contributed by atoms with van der Waals surface area (Å²) in [5, 5.41) is 2.31. The molecule has 4 nitrogen and oxygen atoms in total. The summed E-state index contributed by atoms with van der Waals surface area (Å²) >= 11 is 1.44. The number of esters is 1. The molecular weight excluding hydrogens is 372 g/mol. The summed E-state index contributed by atoms with van der Waals surface area (Å²) in [6.07, 6.45) is 0. The Morgan fingerprint density at radius 2 is 1.75 bits per heavy atom. The van der Waals surface area contributed by atoms with Crippen LogP contribution in [0.4, 0.5) is 0 Å². The van der Waals surface area contributed by atoms with E-state index in [2.05, 4.69) is 18.2 Å². The van der Waals surface area contributed by atoms with Crippen molar-refractivity contribution in [3.8, 4) is 5.75 Å². The van der Waals surface area contributed by atoms with E-state index >= 15 is 0 Å². The summed E-state index contributed by atoms with van der Waals surface area (Å²) < 4.78 is 11.0. The molecule has 0 N–H and O–H groups in total. The molecule has 144 valence electrons. The molecule has 0 fully saturated rings. The number of ketones is 1. The predicted octanol–water partition coefficient (Wildman–Crippen LogP) is 5.28. The van der Waals surface area contributed by atoms with Crippen LogP contribution in [0.15, 0.2) is 65.6 Å². The monoisotopic (exact) mass is 394 g/mol. The van der Waals surface area contributed by atoms with E-state index in [1.807, 2.05) is 31.2 Å². The lowest BCUT2D eigenvalue weighted by Gasteiger charge is -2.12. The molecule has 3 rings (SSSR count). The van der Waals surface area contributed by atoms with Crippen molar-refractivity contribution in [3.63, 3.8) is 0 Å². The lowest BCUT2D eigenvalue weighted by Crippen LogP contribution is -2.09. The zero-order valence-corrected chi connectivity index (χ0v) is 16.8. The summed E-state index contributed by atoms with van der Waals surface area (Å²) in [6.45, 7) is 3.96. The number of hydrogen-bond acceptors (Lipinski definition) is 5. The van der Waals surface area contributed by atoms with Crippen LogP contribution in [0.2, 0.25) is 0 Å². The second-order valence-corrected chi connectivity index (χ2v) is 7.32. The number of fused-ring (bicyclic) bond motifs is 1. The van der Waals surface area contributed by atoms with Gasteiger partial charge >= 0.3 is 5.97 Å². The molecule has 0 aliphatic heterocycles. The second-order valence-electron chi connectivity index (χ2n) is 6.27. The molecule has 0 aliphatic carbocycles. The molecule has 0 saturated heterocycles. The molecule has 0 atom stereocenters. The highest BCUT2D eigenvalue weighted by Crippen LogP contribution is 2.25. The van der Waals surface area contributed by atoms with Crippen molar-refractivity contribution in [2.75, 3.05) is 12.4 Å². The van der Waals surface area contributed by atoms with Gasteiger partial charge in [0.25, 0.3) is 0 Å². The molecule has 0 bridgehead atoms. The van der Waals surface area contributed by atoms with Crippen molar-refractivity contribution in [3.05, 3.63) is 71.8 Å². The fourth-order valence-corrected chi connectivity index (χ4v) is 3.55. The van der Waals surface area contributed by atoms with E-state index in [-0.39, 0.29) is 24.1 Å². The Morgan fingerprint density at radius 3 is 2.50 bits per heavy atom. The summed E-state index contributed by atoms with van der Waals surface area (Å²) in [6, 6.07) is 19.4. The molecule has 0 radical (unpaired) electrons. The molecule has 0 amide bonds. The first-order valence-electron chi connectivity index (χ1n) is 9.10. The zero-order valence-electron chi connectivity index (χ0n) is 15.9. The summed E-state index contributed by atoms with van der Waals surface area (Å²) in [7, 11) is 0. The number of Topliss-reactive ketones (excluding diaryl/α,β-unsaturated/α-hetero) is 1. The van der Waals surface area contributed by atoms with Crippen LogP contribution in [-0.2, 0) is 16.1 Å². The van der Waals surface area contributed by atoms with Gasteiger partial charge in [0.05, 0.1) is 12.4 Å².